The molecule has 0 aromatic heterocycles. The molecule has 0 saturated heterocycles. The molecule has 7 nitrogen and oxygen atoms in total. The van der Waals surface area contributed by atoms with E-state index >= 15 is 0 Å². The first-order valence-corrected chi connectivity index (χ1v) is 4.48. The number of carboxylic acids is 2. The van der Waals surface area contributed by atoms with Crippen molar-refractivity contribution in [3.05, 3.63) is 0 Å². The highest BCUT2D eigenvalue weighted by molar-refractivity contribution is 5.86. The van der Waals surface area contributed by atoms with Crippen LogP contribution in [0.1, 0.15) is 6.42 Å². The summed E-state index contributed by atoms with van der Waals surface area (Å²) in [4.78, 5) is 32.6. The van der Waals surface area contributed by atoms with Crippen molar-refractivity contribution < 1.29 is 33.4 Å². The first kappa shape index (κ1) is 15.1. The second-order valence-electron chi connectivity index (χ2n) is 3.21. The molecule has 98 valence electrons. The SMILES string of the molecule is CN(CC(F)F)C(=O)N[C@@H](CC(=O)O)C(=O)O. The van der Waals surface area contributed by atoms with E-state index in [9.17, 15) is 23.2 Å². The van der Waals surface area contributed by atoms with Gasteiger partial charge in [-0.3, -0.25) is 4.79 Å². The highest BCUT2D eigenvalue weighted by Crippen LogP contribution is 1.98. The minimum absolute atomic E-state index is 0.572. The molecule has 0 radical (unpaired) electrons. The molecule has 0 saturated carbocycles. The van der Waals surface area contributed by atoms with Crippen molar-refractivity contribution in [2.45, 2.75) is 18.9 Å². The molecule has 0 aromatic carbocycles. The number of hydrogen-bond donors (Lipinski definition) is 3. The molecular weight excluding hydrogens is 242 g/mol. The quantitative estimate of drug-likeness (QED) is 0.609. The fourth-order valence-corrected chi connectivity index (χ4v) is 0.924. The topological polar surface area (TPSA) is 107 Å². The number of aliphatic carboxylic acids is 2. The van der Waals surface area contributed by atoms with E-state index in [1.807, 2.05) is 5.32 Å². The van der Waals surface area contributed by atoms with Gasteiger partial charge in [0.05, 0.1) is 13.0 Å². The van der Waals surface area contributed by atoms with Crippen molar-refractivity contribution in [2.75, 3.05) is 13.6 Å². The highest BCUT2D eigenvalue weighted by atomic mass is 19.3. The zero-order chi connectivity index (χ0) is 13.6. The zero-order valence-electron chi connectivity index (χ0n) is 8.89. The molecule has 0 aliphatic carbocycles. The van der Waals surface area contributed by atoms with Gasteiger partial charge in [0.1, 0.15) is 6.04 Å². The van der Waals surface area contributed by atoms with Crippen molar-refractivity contribution in [1.29, 1.82) is 0 Å². The van der Waals surface area contributed by atoms with Crippen molar-refractivity contribution in [3.8, 4) is 0 Å². The number of urea groups is 1. The molecule has 0 aliphatic rings. The maximum atomic E-state index is 11.9. The first-order chi connectivity index (χ1) is 7.73. The van der Waals surface area contributed by atoms with E-state index in [1.165, 1.54) is 0 Å². The lowest BCUT2D eigenvalue weighted by molar-refractivity contribution is -0.145. The average Bonchev–Trinajstić information content (AvgIpc) is 2.14. The molecule has 17 heavy (non-hydrogen) atoms. The molecule has 0 aromatic rings. The maximum absolute atomic E-state index is 11.9. The summed E-state index contributed by atoms with van der Waals surface area (Å²) in [6, 6.07) is -2.72. The van der Waals surface area contributed by atoms with Crippen LogP contribution in [-0.2, 0) is 9.59 Å². The molecule has 0 bridgehead atoms. The van der Waals surface area contributed by atoms with Crippen molar-refractivity contribution >= 4 is 18.0 Å². The number of nitrogens with zero attached hydrogens (tertiary/aromatic N) is 1. The minimum Gasteiger partial charge on any atom is -0.481 e. The molecule has 0 aliphatic heterocycles. The number of carbonyl (C=O) groups excluding carboxylic acids is 1. The van der Waals surface area contributed by atoms with Crippen LogP contribution < -0.4 is 5.32 Å². The number of hydrogen-bond acceptors (Lipinski definition) is 3. The Morgan fingerprint density at radius 2 is 1.82 bits per heavy atom. The van der Waals surface area contributed by atoms with E-state index in [1.54, 1.807) is 0 Å². The number of alkyl halides is 2. The summed E-state index contributed by atoms with van der Waals surface area (Å²) in [7, 11) is 1.04. The third-order valence-electron chi connectivity index (χ3n) is 1.73. The smallest absolute Gasteiger partial charge is 0.326 e. The van der Waals surface area contributed by atoms with Crippen LogP contribution in [0.4, 0.5) is 13.6 Å². The predicted molar refractivity (Wildman–Crippen MR) is 50.8 cm³/mol. The van der Waals surface area contributed by atoms with Crippen LogP contribution in [0.5, 0.6) is 0 Å². The van der Waals surface area contributed by atoms with Crippen molar-refractivity contribution in [3.63, 3.8) is 0 Å². The Balaban J connectivity index is 4.39. The zero-order valence-corrected chi connectivity index (χ0v) is 8.89. The Hall–Kier alpha value is -1.93. The van der Waals surface area contributed by atoms with Gasteiger partial charge >= 0.3 is 18.0 Å². The Bertz CT molecular complexity index is 310. The number of halogens is 2. The molecule has 0 rings (SSSR count). The van der Waals surface area contributed by atoms with Gasteiger partial charge in [-0.1, -0.05) is 0 Å². The van der Waals surface area contributed by atoms with Crippen LogP contribution in [-0.4, -0.2) is 59.1 Å². The molecule has 0 spiro atoms. The third-order valence-corrected chi connectivity index (χ3v) is 1.73. The van der Waals surface area contributed by atoms with Crippen LogP contribution in [0.25, 0.3) is 0 Å². The van der Waals surface area contributed by atoms with E-state index in [-0.39, 0.29) is 0 Å². The highest BCUT2D eigenvalue weighted by Gasteiger charge is 2.25. The molecule has 3 N–H and O–H groups in total. The summed E-state index contributed by atoms with van der Waals surface area (Å²) in [5.41, 5.74) is 0. The second-order valence-corrected chi connectivity index (χ2v) is 3.21. The summed E-state index contributed by atoms with van der Waals surface area (Å²) < 4.78 is 23.8. The van der Waals surface area contributed by atoms with Gasteiger partial charge in [0.15, 0.2) is 0 Å². The summed E-state index contributed by atoms with van der Waals surface area (Å²) in [6.45, 7) is -0.870. The lowest BCUT2D eigenvalue weighted by Gasteiger charge is -2.20. The van der Waals surface area contributed by atoms with E-state index in [4.69, 9.17) is 10.2 Å². The number of carbonyl (C=O) groups is 3. The third kappa shape index (κ3) is 6.28. The van der Waals surface area contributed by atoms with E-state index < -0.39 is 43.4 Å². The second kappa shape index (κ2) is 6.61. The fraction of sp³-hybridized carbons (Fsp3) is 0.625. The molecule has 9 heteroatoms. The normalized spacial score (nSPS) is 12.0. The van der Waals surface area contributed by atoms with Crippen molar-refractivity contribution in [2.24, 2.45) is 0 Å². The summed E-state index contributed by atoms with van der Waals surface area (Å²) in [5.74, 6) is -2.97. The van der Waals surface area contributed by atoms with Crippen LogP contribution >= 0.6 is 0 Å². The number of carboxylic acid groups (broad SMARTS) is 2. The van der Waals surface area contributed by atoms with Gasteiger partial charge in [0.2, 0.25) is 0 Å². The summed E-state index contributed by atoms with van der Waals surface area (Å²) in [5, 5.41) is 18.8. The monoisotopic (exact) mass is 254 g/mol. The summed E-state index contributed by atoms with van der Waals surface area (Å²) >= 11 is 0. The Labute approximate surface area is 95.0 Å². The number of rotatable bonds is 6. The van der Waals surface area contributed by atoms with Crippen LogP contribution in [0.15, 0.2) is 0 Å². The van der Waals surface area contributed by atoms with Gasteiger partial charge in [-0.05, 0) is 0 Å². The molecular formula is C8H12F2N2O5. The van der Waals surface area contributed by atoms with E-state index in [0.717, 1.165) is 7.05 Å². The standard InChI is InChI=1S/C8H12F2N2O5/c1-12(3-5(9)10)8(17)11-4(7(15)16)2-6(13)14/h4-5H,2-3H2,1H3,(H,11,17)(H,13,14)(H,15,16)/t4-/m0/s1. The van der Waals surface area contributed by atoms with Gasteiger partial charge in [-0.25, -0.2) is 18.4 Å². The lowest BCUT2D eigenvalue weighted by atomic mass is 10.2. The largest absolute Gasteiger partial charge is 0.481 e. The van der Waals surface area contributed by atoms with Gasteiger partial charge < -0.3 is 20.4 Å². The Morgan fingerprint density at radius 3 is 2.18 bits per heavy atom. The average molecular weight is 254 g/mol. The van der Waals surface area contributed by atoms with E-state index in [2.05, 4.69) is 0 Å². The molecule has 1 atom stereocenters. The Morgan fingerprint density at radius 1 is 1.29 bits per heavy atom. The van der Waals surface area contributed by atoms with Gasteiger partial charge in [0, 0.05) is 7.05 Å². The first-order valence-electron chi connectivity index (χ1n) is 4.48. The number of nitrogens with one attached hydrogen (secondary N) is 1. The van der Waals surface area contributed by atoms with E-state index in [0.29, 0.717) is 4.90 Å². The molecule has 0 heterocycles. The predicted octanol–water partition coefficient (Wildman–Crippen LogP) is -0.179. The fourth-order valence-electron chi connectivity index (χ4n) is 0.924. The van der Waals surface area contributed by atoms with Gasteiger partial charge in [-0.2, -0.15) is 0 Å². The Kier molecular flexibility index (Phi) is 5.86. The van der Waals surface area contributed by atoms with Crippen molar-refractivity contribution in [1.82, 2.24) is 10.2 Å². The number of amides is 2. The van der Waals surface area contributed by atoms with Crippen LogP contribution in [0.2, 0.25) is 0 Å². The van der Waals surface area contributed by atoms with Gasteiger partial charge in [0.25, 0.3) is 6.43 Å². The minimum atomic E-state index is -2.76. The molecule has 0 unspecified atom stereocenters. The van der Waals surface area contributed by atoms with Crippen LogP contribution in [0, 0.1) is 0 Å². The maximum Gasteiger partial charge on any atom is 0.326 e. The lowest BCUT2D eigenvalue weighted by Crippen LogP contribution is -2.48. The molecule has 2 amide bonds. The summed E-state index contributed by atoms with van der Waals surface area (Å²) in [6.07, 6.45) is -3.59. The van der Waals surface area contributed by atoms with Gasteiger partial charge in [-0.15, -0.1) is 0 Å². The van der Waals surface area contributed by atoms with Crippen LogP contribution in [0.3, 0.4) is 0 Å². The molecule has 0 fully saturated rings.